The summed E-state index contributed by atoms with van der Waals surface area (Å²) in [6.45, 7) is 9.23. The van der Waals surface area contributed by atoms with Crippen molar-refractivity contribution in [1.29, 1.82) is 0 Å². The van der Waals surface area contributed by atoms with Gasteiger partial charge in [-0.3, -0.25) is 4.79 Å². The van der Waals surface area contributed by atoms with E-state index in [1.165, 1.54) is 0 Å². The summed E-state index contributed by atoms with van der Waals surface area (Å²) in [6, 6.07) is 0. The molecule has 0 radical (unpaired) electrons. The zero-order valence-corrected chi connectivity index (χ0v) is 12.5. The lowest BCUT2D eigenvalue weighted by Gasteiger charge is -2.50. The molecule has 1 unspecified atom stereocenters. The molecule has 0 aromatic heterocycles. The van der Waals surface area contributed by atoms with Crippen molar-refractivity contribution >= 4 is 5.91 Å². The average molecular weight is 268 g/mol. The van der Waals surface area contributed by atoms with Crippen molar-refractivity contribution in [3.05, 3.63) is 0 Å². The number of carbonyl (C=O) groups excluding carboxylic acids is 1. The fourth-order valence-corrected chi connectivity index (χ4v) is 3.48. The molecule has 2 N–H and O–H groups in total. The Kier molecular flexibility index (Phi) is 4.21. The molecule has 110 valence electrons. The highest BCUT2D eigenvalue weighted by Crippen LogP contribution is 2.37. The Morgan fingerprint density at radius 3 is 2.68 bits per heavy atom. The first-order chi connectivity index (χ1) is 8.89. The van der Waals surface area contributed by atoms with Crippen molar-refractivity contribution in [3.63, 3.8) is 0 Å². The third kappa shape index (κ3) is 2.95. The maximum Gasteiger partial charge on any atom is 0.228 e. The zero-order chi connectivity index (χ0) is 14.1. The number of amides is 1. The standard InChI is InChI=1S/C15H28N2O2/c1-4-7-15(19)10-17(11-15)13(18)14(2,3)12-6-5-8-16-9-12/h12,16,19H,4-11H2,1-3H3. The van der Waals surface area contributed by atoms with Gasteiger partial charge in [-0.25, -0.2) is 0 Å². The molecule has 1 atom stereocenters. The smallest absolute Gasteiger partial charge is 0.228 e. The Bertz CT molecular complexity index is 329. The van der Waals surface area contributed by atoms with Gasteiger partial charge in [0.2, 0.25) is 5.91 Å². The summed E-state index contributed by atoms with van der Waals surface area (Å²) in [4.78, 5) is 14.5. The fraction of sp³-hybridized carbons (Fsp3) is 0.933. The molecule has 2 heterocycles. The Morgan fingerprint density at radius 1 is 1.47 bits per heavy atom. The average Bonchev–Trinajstić information content (AvgIpc) is 2.36. The first kappa shape index (κ1) is 14.8. The Balaban J connectivity index is 1.92. The number of nitrogens with zero attached hydrogens (tertiary/aromatic N) is 1. The van der Waals surface area contributed by atoms with E-state index in [2.05, 4.69) is 26.1 Å². The van der Waals surface area contributed by atoms with Crippen LogP contribution in [0.4, 0.5) is 0 Å². The number of aliphatic hydroxyl groups is 1. The van der Waals surface area contributed by atoms with Crippen LogP contribution in [0.5, 0.6) is 0 Å². The largest absolute Gasteiger partial charge is 0.386 e. The minimum Gasteiger partial charge on any atom is -0.386 e. The summed E-state index contributed by atoms with van der Waals surface area (Å²) in [5, 5.41) is 13.6. The molecule has 4 nitrogen and oxygen atoms in total. The maximum atomic E-state index is 12.6. The summed E-state index contributed by atoms with van der Waals surface area (Å²) in [5.41, 5.74) is -0.938. The minimum absolute atomic E-state index is 0.210. The number of carbonyl (C=O) groups is 1. The topological polar surface area (TPSA) is 52.6 Å². The molecule has 2 aliphatic rings. The quantitative estimate of drug-likeness (QED) is 0.810. The molecule has 19 heavy (non-hydrogen) atoms. The van der Waals surface area contributed by atoms with E-state index in [1.54, 1.807) is 0 Å². The fourth-order valence-electron chi connectivity index (χ4n) is 3.48. The number of rotatable bonds is 4. The van der Waals surface area contributed by atoms with Crippen LogP contribution in [0.1, 0.15) is 46.5 Å². The molecular formula is C15H28N2O2. The van der Waals surface area contributed by atoms with Crippen LogP contribution >= 0.6 is 0 Å². The number of hydrogen-bond donors (Lipinski definition) is 2. The van der Waals surface area contributed by atoms with E-state index in [0.717, 1.165) is 38.8 Å². The number of nitrogens with one attached hydrogen (secondary N) is 1. The van der Waals surface area contributed by atoms with Gasteiger partial charge in [-0.15, -0.1) is 0 Å². The molecule has 0 spiro atoms. The van der Waals surface area contributed by atoms with E-state index >= 15 is 0 Å². The lowest BCUT2D eigenvalue weighted by atomic mass is 9.72. The summed E-state index contributed by atoms with van der Waals surface area (Å²) in [7, 11) is 0. The molecule has 2 fully saturated rings. The van der Waals surface area contributed by atoms with Gasteiger partial charge in [0.15, 0.2) is 0 Å². The van der Waals surface area contributed by atoms with Crippen molar-refractivity contribution in [1.82, 2.24) is 10.2 Å². The van der Waals surface area contributed by atoms with Crippen molar-refractivity contribution in [3.8, 4) is 0 Å². The van der Waals surface area contributed by atoms with E-state index in [1.807, 2.05) is 4.90 Å². The van der Waals surface area contributed by atoms with Gasteiger partial charge < -0.3 is 15.3 Å². The van der Waals surface area contributed by atoms with Crippen LogP contribution in [0.25, 0.3) is 0 Å². The number of β-amino-alcohol motifs (C(OH)–C–C–N with tert-alkyl or cyclic N) is 1. The van der Waals surface area contributed by atoms with Crippen molar-refractivity contribution in [2.75, 3.05) is 26.2 Å². The molecular weight excluding hydrogens is 240 g/mol. The van der Waals surface area contributed by atoms with Gasteiger partial charge in [0, 0.05) is 5.41 Å². The second-order valence-corrected chi connectivity index (χ2v) is 6.90. The van der Waals surface area contributed by atoms with E-state index in [9.17, 15) is 9.90 Å². The van der Waals surface area contributed by atoms with Crippen LogP contribution in [-0.4, -0.2) is 47.7 Å². The second-order valence-electron chi connectivity index (χ2n) is 6.90. The molecule has 0 aromatic carbocycles. The number of likely N-dealkylation sites (tertiary alicyclic amines) is 1. The maximum absolute atomic E-state index is 12.6. The SMILES string of the molecule is CCCC1(O)CN(C(=O)C(C)(C)C2CCCNC2)C1. The molecule has 2 aliphatic heterocycles. The van der Waals surface area contributed by atoms with E-state index in [-0.39, 0.29) is 11.3 Å². The van der Waals surface area contributed by atoms with Crippen LogP contribution in [0, 0.1) is 11.3 Å². The lowest BCUT2D eigenvalue weighted by molar-refractivity contribution is -0.168. The van der Waals surface area contributed by atoms with Gasteiger partial charge in [-0.05, 0) is 38.3 Å². The highest BCUT2D eigenvalue weighted by molar-refractivity contribution is 5.83. The first-order valence-electron chi connectivity index (χ1n) is 7.61. The molecule has 2 saturated heterocycles. The monoisotopic (exact) mass is 268 g/mol. The molecule has 0 aliphatic carbocycles. The van der Waals surface area contributed by atoms with E-state index < -0.39 is 5.60 Å². The van der Waals surface area contributed by atoms with Gasteiger partial charge >= 0.3 is 0 Å². The van der Waals surface area contributed by atoms with Crippen molar-refractivity contribution in [2.24, 2.45) is 11.3 Å². The van der Waals surface area contributed by atoms with Crippen molar-refractivity contribution < 1.29 is 9.90 Å². The molecule has 4 heteroatoms. The predicted octanol–water partition coefficient (Wildman–Crippen LogP) is 1.39. The number of hydrogen-bond acceptors (Lipinski definition) is 3. The summed E-state index contributed by atoms with van der Waals surface area (Å²) in [6.07, 6.45) is 4.04. The van der Waals surface area contributed by atoms with Gasteiger partial charge in [0.25, 0.3) is 0 Å². The van der Waals surface area contributed by atoms with Gasteiger partial charge in [-0.1, -0.05) is 27.2 Å². The molecule has 2 rings (SSSR count). The van der Waals surface area contributed by atoms with Crippen LogP contribution in [0.3, 0.4) is 0 Å². The lowest BCUT2D eigenvalue weighted by Crippen LogP contribution is -2.66. The summed E-state index contributed by atoms with van der Waals surface area (Å²) < 4.78 is 0. The van der Waals surface area contributed by atoms with E-state index in [4.69, 9.17) is 0 Å². The predicted molar refractivity (Wildman–Crippen MR) is 75.8 cm³/mol. The Morgan fingerprint density at radius 2 is 2.16 bits per heavy atom. The number of piperidine rings is 1. The molecule has 0 bridgehead atoms. The highest BCUT2D eigenvalue weighted by Gasteiger charge is 2.48. The Labute approximate surface area is 116 Å². The van der Waals surface area contributed by atoms with Crippen LogP contribution < -0.4 is 5.32 Å². The minimum atomic E-state index is -0.620. The van der Waals surface area contributed by atoms with Crippen LogP contribution in [0.15, 0.2) is 0 Å². The first-order valence-corrected chi connectivity index (χ1v) is 7.61. The second kappa shape index (κ2) is 5.41. The molecule has 0 saturated carbocycles. The third-order valence-electron chi connectivity index (χ3n) is 4.84. The normalized spacial score (nSPS) is 26.9. The van der Waals surface area contributed by atoms with E-state index in [0.29, 0.717) is 19.0 Å². The van der Waals surface area contributed by atoms with Crippen LogP contribution in [0.2, 0.25) is 0 Å². The zero-order valence-electron chi connectivity index (χ0n) is 12.5. The van der Waals surface area contributed by atoms with Gasteiger partial charge in [-0.2, -0.15) is 0 Å². The molecule has 1 amide bonds. The van der Waals surface area contributed by atoms with Gasteiger partial charge in [0.1, 0.15) is 0 Å². The third-order valence-corrected chi connectivity index (χ3v) is 4.84. The Hall–Kier alpha value is -0.610. The molecule has 0 aromatic rings. The van der Waals surface area contributed by atoms with Crippen molar-refractivity contribution in [2.45, 2.75) is 52.1 Å². The summed E-state index contributed by atoms with van der Waals surface area (Å²) in [5.74, 6) is 0.621. The summed E-state index contributed by atoms with van der Waals surface area (Å²) >= 11 is 0. The highest BCUT2D eigenvalue weighted by atomic mass is 16.3. The van der Waals surface area contributed by atoms with Crippen LogP contribution in [-0.2, 0) is 4.79 Å². The van der Waals surface area contributed by atoms with Gasteiger partial charge in [0.05, 0.1) is 18.7 Å².